The second kappa shape index (κ2) is 4.41. The van der Waals surface area contributed by atoms with E-state index in [2.05, 4.69) is 0 Å². The largest absolute Gasteiger partial charge is 0.316 e. The van der Waals surface area contributed by atoms with Gasteiger partial charge in [0.25, 0.3) is 0 Å². The fourth-order valence-corrected chi connectivity index (χ4v) is 1.01. The summed E-state index contributed by atoms with van der Waals surface area (Å²) in [6, 6.07) is 6.92. The van der Waals surface area contributed by atoms with Crippen molar-refractivity contribution >= 4 is 24.2 Å². The summed E-state index contributed by atoms with van der Waals surface area (Å²) in [5, 5.41) is 0. The molecule has 2 radical (unpaired) electrons. The third-order valence-electron chi connectivity index (χ3n) is 1.90. The summed E-state index contributed by atoms with van der Waals surface area (Å²) in [7, 11) is 3.22. The molecule has 1 rings (SSSR count). The van der Waals surface area contributed by atoms with Gasteiger partial charge in [-0.1, -0.05) is 0 Å². The minimum absolute atomic E-state index is 0.725. The van der Waals surface area contributed by atoms with Gasteiger partial charge in [-0.2, -0.15) is 0 Å². The third kappa shape index (κ3) is 2.10. The number of benzene rings is 1. The molecule has 0 spiro atoms. The molecule has 0 aromatic heterocycles. The zero-order chi connectivity index (χ0) is 10.6. The molecule has 0 unspecified atom stereocenters. The molecule has 4 heteroatoms. The molecule has 72 valence electrons. The molecular formula is C10H10N2O2. The summed E-state index contributed by atoms with van der Waals surface area (Å²) < 4.78 is 0. The minimum atomic E-state index is 0.725. The number of hydrogen-bond acceptors (Lipinski definition) is 2. The fourth-order valence-electron chi connectivity index (χ4n) is 1.01. The molecule has 0 heterocycles. The van der Waals surface area contributed by atoms with E-state index >= 15 is 0 Å². The van der Waals surface area contributed by atoms with Crippen LogP contribution in [0.4, 0.5) is 11.4 Å². The first-order valence-electron chi connectivity index (χ1n) is 4.02. The van der Waals surface area contributed by atoms with Crippen LogP contribution in [-0.2, 0) is 9.59 Å². The Morgan fingerprint density at radius 3 is 1.36 bits per heavy atom. The molecule has 14 heavy (non-hydrogen) atoms. The topological polar surface area (TPSA) is 40.6 Å². The second-order valence-corrected chi connectivity index (χ2v) is 2.82. The Kier molecular flexibility index (Phi) is 3.23. The maximum atomic E-state index is 10.3. The Morgan fingerprint density at radius 2 is 1.14 bits per heavy atom. The van der Waals surface area contributed by atoms with Gasteiger partial charge in [-0.3, -0.25) is 9.59 Å². The number of nitrogens with zero attached hydrogens (tertiary/aromatic N) is 2. The molecule has 2 amide bonds. The highest BCUT2D eigenvalue weighted by atomic mass is 16.1. The van der Waals surface area contributed by atoms with Gasteiger partial charge in [-0.05, 0) is 24.3 Å². The second-order valence-electron chi connectivity index (χ2n) is 2.82. The van der Waals surface area contributed by atoms with Gasteiger partial charge < -0.3 is 9.80 Å². The average molecular weight is 190 g/mol. The van der Waals surface area contributed by atoms with Crippen molar-refractivity contribution in [2.24, 2.45) is 0 Å². The highest BCUT2D eigenvalue weighted by molar-refractivity contribution is 5.78. The number of hydrogen-bond donors (Lipinski definition) is 0. The molecule has 1 aromatic rings. The fraction of sp³-hybridized carbons (Fsp3) is 0.200. The molecule has 0 aliphatic heterocycles. The molecule has 0 atom stereocenters. The molecule has 0 bridgehead atoms. The summed E-state index contributed by atoms with van der Waals surface area (Å²) >= 11 is 0. The van der Waals surface area contributed by atoms with Crippen molar-refractivity contribution in [2.45, 2.75) is 0 Å². The van der Waals surface area contributed by atoms with E-state index in [0.29, 0.717) is 0 Å². The van der Waals surface area contributed by atoms with Crippen LogP contribution in [0.3, 0.4) is 0 Å². The highest BCUT2D eigenvalue weighted by Crippen LogP contribution is 2.17. The van der Waals surface area contributed by atoms with Crippen LogP contribution in [0.2, 0.25) is 0 Å². The number of carbonyl (C=O) groups excluding carboxylic acids is 2. The van der Waals surface area contributed by atoms with Gasteiger partial charge in [-0.25, -0.2) is 0 Å². The van der Waals surface area contributed by atoms with Crippen LogP contribution in [0.5, 0.6) is 0 Å². The Morgan fingerprint density at radius 1 is 0.857 bits per heavy atom. The lowest BCUT2D eigenvalue weighted by Crippen LogP contribution is -2.15. The first kappa shape index (κ1) is 10.2. The maximum absolute atomic E-state index is 10.3. The zero-order valence-corrected chi connectivity index (χ0v) is 8.02. The summed E-state index contributed by atoms with van der Waals surface area (Å²) in [6.07, 6.45) is 3.47. The van der Waals surface area contributed by atoms with Crippen molar-refractivity contribution in [2.75, 3.05) is 23.9 Å². The quantitative estimate of drug-likeness (QED) is 0.655. The molecule has 0 saturated carbocycles. The van der Waals surface area contributed by atoms with Crippen molar-refractivity contribution < 1.29 is 9.59 Å². The van der Waals surface area contributed by atoms with Crippen LogP contribution >= 0.6 is 0 Å². The minimum Gasteiger partial charge on any atom is -0.307 e. The van der Waals surface area contributed by atoms with Crippen molar-refractivity contribution in [1.29, 1.82) is 0 Å². The third-order valence-corrected chi connectivity index (χ3v) is 1.90. The lowest BCUT2D eigenvalue weighted by atomic mass is 10.2. The predicted octanol–water partition coefficient (Wildman–Crippen LogP) is 0.693. The maximum Gasteiger partial charge on any atom is 0.316 e. The van der Waals surface area contributed by atoms with Gasteiger partial charge >= 0.3 is 12.8 Å². The van der Waals surface area contributed by atoms with Crippen LogP contribution in [0.25, 0.3) is 0 Å². The number of amides is 2. The Labute approximate surface area is 82.7 Å². The first-order valence-corrected chi connectivity index (χ1v) is 4.02. The van der Waals surface area contributed by atoms with Crippen molar-refractivity contribution in [3.05, 3.63) is 24.3 Å². The van der Waals surface area contributed by atoms with E-state index < -0.39 is 0 Å². The number of rotatable bonds is 4. The standard InChI is InChI=1S/C10H10N2O2/c1-11(7-13)9-3-5-10(6-4-9)12(2)8-14/h3-6H,1-2H3. The van der Waals surface area contributed by atoms with Crippen LogP contribution < -0.4 is 9.80 Å². The highest BCUT2D eigenvalue weighted by Gasteiger charge is 2.02. The molecule has 0 saturated heterocycles. The van der Waals surface area contributed by atoms with Gasteiger partial charge in [-0.15, -0.1) is 0 Å². The van der Waals surface area contributed by atoms with Crippen molar-refractivity contribution in [3.63, 3.8) is 0 Å². The van der Waals surface area contributed by atoms with Crippen LogP contribution in [0.15, 0.2) is 24.3 Å². The smallest absolute Gasteiger partial charge is 0.307 e. The lowest BCUT2D eigenvalue weighted by Gasteiger charge is -2.12. The summed E-state index contributed by atoms with van der Waals surface area (Å²) in [5.41, 5.74) is 1.45. The summed E-state index contributed by atoms with van der Waals surface area (Å²) in [5.74, 6) is 0. The van der Waals surface area contributed by atoms with E-state index in [1.165, 1.54) is 9.80 Å². The van der Waals surface area contributed by atoms with Crippen LogP contribution in [0.1, 0.15) is 0 Å². The van der Waals surface area contributed by atoms with E-state index in [-0.39, 0.29) is 0 Å². The molecule has 0 fully saturated rings. The van der Waals surface area contributed by atoms with E-state index in [1.807, 2.05) is 0 Å². The van der Waals surface area contributed by atoms with Crippen molar-refractivity contribution in [3.8, 4) is 0 Å². The Bertz CT molecular complexity index is 288. The predicted molar refractivity (Wildman–Crippen MR) is 54.6 cm³/mol. The van der Waals surface area contributed by atoms with Gasteiger partial charge in [0.2, 0.25) is 0 Å². The first-order chi connectivity index (χ1) is 6.69. The molecule has 0 aliphatic rings. The zero-order valence-electron chi connectivity index (χ0n) is 8.02. The van der Waals surface area contributed by atoms with E-state index in [4.69, 9.17) is 0 Å². The van der Waals surface area contributed by atoms with Crippen LogP contribution in [-0.4, -0.2) is 26.9 Å². The molecule has 1 aromatic carbocycles. The van der Waals surface area contributed by atoms with E-state index in [1.54, 1.807) is 51.2 Å². The molecule has 0 aliphatic carbocycles. The Balaban J connectivity index is 2.88. The normalized spacial score (nSPS) is 9.29. The van der Waals surface area contributed by atoms with Gasteiger partial charge in [0.05, 0.1) is 0 Å². The van der Waals surface area contributed by atoms with Gasteiger partial charge in [0.1, 0.15) is 0 Å². The van der Waals surface area contributed by atoms with Crippen LogP contribution in [0, 0.1) is 0 Å². The average Bonchev–Trinajstić information content (AvgIpc) is 2.27. The number of anilines is 2. The van der Waals surface area contributed by atoms with Crippen molar-refractivity contribution in [1.82, 2.24) is 0 Å². The van der Waals surface area contributed by atoms with Gasteiger partial charge in [0, 0.05) is 25.5 Å². The molecular weight excluding hydrogens is 180 g/mol. The van der Waals surface area contributed by atoms with E-state index in [0.717, 1.165) is 11.4 Å². The Hall–Kier alpha value is -1.84. The summed E-state index contributed by atoms with van der Waals surface area (Å²) in [4.78, 5) is 23.3. The SMILES string of the molecule is CN([C]=O)c1ccc(N(C)[C]=O)cc1. The molecule has 4 nitrogen and oxygen atoms in total. The summed E-state index contributed by atoms with van der Waals surface area (Å²) in [6.45, 7) is 0. The monoisotopic (exact) mass is 190 g/mol. The lowest BCUT2D eigenvalue weighted by molar-refractivity contribution is 0.553. The van der Waals surface area contributed by atoms with E-state index in [9.17, 15) is 9.59 Å². The molecule has 0 N–H and O–H groups in total. The van der Waals surface area contributed by atoms with Gasteiger partial charge in [0.15, 0.2) is 0 Å².